The lowest BCUT2D eigenvalue weighted by Gasteiger charge is -2.18. The van der Waals surface area contributed by atoms with Crippen LogP contribution >= 0.6 is 0 Å². The highest BCUT2D eigenvalue weighted by molar-refractivity contribution is 6.14. The summed E-state index contributed by atoms with van der Waals surface area (Å²) in [6.45, 7) is 6.94. The van der Waals surface area contributed by atoms with Crippen molar-refractivity contribution < 1.29 is 19.0 Å². The first kappa shape index (κ1) is 20.7. The van der Waals surface area contributed by atoms with Gasteiger partial charge in [0.15, 0.2) is 5.76 Å². The molecule has 4 nitrogen and oxygen atoms in total. The number of rotatable bonds is 5. The molecule has 4 heteroatoms. The highest BCUT2D eigenvalue weighted by atomic mass is 16.5. The molecule has 0 radical (unpaired) electrons. The summed E-state index contributed by atoms with van der Waals surface area (Å²) in [6, 6.07) is 21.2. The first-order valence-corrected chi connectivity index (χ1v) is 10.3. The van der Waals surface area contributed by atoms with Crippen molar-refractivity contribution in [3.8, 4) is 17.2 Å². The van der Waals surface area contributed by atoms with Gasteiger partial charge in [-0.2, -0.15) is 0 Å². The van der Waals surface area contributed by atoms with Gasteiger partial charge in [0.05, 0.1) is 12.7 Å². The lowest BCUT2D eigenvalue weighted by molar-refractivity contribution is 0.101. The summed E-state index contributed by atoms with van der Waals surface area (Å²) in [5.74, 6) is 2.19. The van der Waals surface area contributed by atoms with Gasteiger partial charge in [-0.25, -0.2) is 0 Å². The van der Waals surface area contributed by atoms with Crippen molar-refractivity contribution in [3.63, 3.8) is 0 Å². The summed E-state index contributed by atoms with van der Waals surface area (Å²) >= 11 is 0. The molecule has 0 fully saturated rings. The van der Waals surface area contributed by atoms with E-state index < -0.39 is 0 Å². The summed E-state index contributed by atoms with van der Waals surface area (Å²) in [5.41, 5.74) is 3.84. The predicted molar refractivity (Wildman–Crippen MR) is 122 cm³/mol. The molecule has 3 aromatic carbocycles. The number of hydrogen-bond donors (Lipinski definition) is 0. The van der Waals surface area contributed by atoms with Gasteiger partial charge in [-0.3, -0.25) is 4.79 Å². The average molecular weight is 415 g/mol. The summed E-state index contributed by atoms with van der Waals surface area (Å²) < 4.78 is 16.9. The third-order valence-electron chi connectivity index (χ3n) is 5.28. The lowest BCUT2D eigenvalue weighted by atomic mass is 9.86. The van der Waals surface area contributed by atoms with Crippen molar-refractivity contribution in [3.05, 3.63) is 94.7 Å². The van der Waals surface area contributed by atoms with Crippen LogP contribution in [0.5, 0.6) is 17.2 Å². The fourth-order valence-electron chi connectivity index (χ4n) is 3.38. The van der Waals surface area contributed by atoms with Crippen LogP contribution in [0, 0.1) is 0 Å². The Labute approximate surface area is 183 Å². The van der Waals surface area contributed by atoms with Crippen molar-refractivity contribution >= 4 is 11.9 Å². The molecule has 0 bridgehead atoms. The summed E-state index contributed by atoms with van der Waals surface area (Å²) in [7, 11) is 1.64. The molecule has 0 unspecified atom stereocenters. The molecule has 0 atom stereocenters. The number of allylic oxidation sites excluding steroid dienone is 1. The minimum atomic E-state index is -0.114. The Balaban J connectivity index is 1.46. The largest absolute Gasteiger partial charge is 0.497 e. The van der Waals surface area contributed by atoms with E-state index in [1.807, 2.05) is 36.4 Å². The van der Waals surface area contributed by atoms with E-state index in [1.165, 1.54) is 5.56 Å². The molecule has 0 saturated carbocycles. The van der Waals surface area contributed by atoms with Crippen LogP contribution in [0.1, 0.15) is 47.8 Å². The van der Waals surface area contributed by atoms with Gasteiger partial charge >= 0.3 is 0 Å². The number of fused-ring (bicyclic) bond motifs is 1. The normalized spacial score (nSPS) is 14.3. The highest BCUT2D eigenvalue weighted by Gasteiger charge is 2.27. The van der Waals surface area contributed by atoms with Crippen molar-refractivity contribution in [2.45, 2.75) is 32.8 Å². The molecule has 4 rings (SSSR count). The maximum Gasteiger partial charge on any atom is 0.231 e. The van der Waals surface area contributed by atoms with Crippen molar-refractivity contribution in [1.82, 2.24) is 0 Å². The monoisotopic (exact) mass is 414 g/mol. The summed E-state index contributed by atoms with van der Waals surface area (Å²) in [4.78, 5) is 12.7. The van der Waals surface area contributed by atoms with E-state index in [2.05, 4.69) is 32.9 Å². The Hall–Kier alpha value is -3.53. The Morgan fingerprint density at radius 3 is 2.23 bits per heavy atom. The van der Waals surface area contributed by atoms with Crippen LogP contribution in [0.25, 0.3) is 6.08 Å². The molecule has 3 aromatic rings. The van der Waals surface area contributed by atoms with Crippen LogP contribution < -0.4 is 14.2 Å². The van der Waals surface area contributed by atoms with E-state index in [0.717, 1.165) is 16.9 Å². The van der Waals surface area contributed by atoms with E-state index >= 15 is 0 Å². The smallest absolute Gasteiger partial charge is 0.231 e. The lowest BCUT2D eigenvalue weighted by Crippen LogP contribution is -2.10. The molecule has 0 saturated heterocycles. The van der Waals surface area contributed by atoms with Crippen LogP contribution in [0.15, 0.2) is 72.5 Å². The number of hydrogen-bond acceptors (Lipinski definition) is 4. The van der Waals surface area contributed by atoms with E-state index in [1.54, 1.807) is 31.4 Å². The van der Waals surface area contributed by atoms with Crippen LogP contribution in [0.3, 0.4) is 0 Å². The van der Waals surface area contributed by atoms with Crippen molar-refractivity contribution in [1.29, 1.82) is 0 Å². The Kier molecular flexibility index (Phi) is 5.55. The zero-order valence-electron chi connectivity index (χ0n) is 18.3. The van der Waals surface area contributed by atoms with Gasteiger partial charge in [-0.1, -0.05) is 57.2 Å². The molecule has 31 heavy (non-hydrogen) atoms. The van der Waals surface area contributed by atoms with Crippen molar-refractivity contribution in [2.24, 2.45) is 0 Å². The number of benzene rings is 3. The molecule has 0 amide bonds. The van der Waals surface area contributed by atoms with Gasteiger partial charge in [0.25, 0.3) is 0 Å². The van der Waals surface area contributed by atoms with E-state index in [4.69, 9.17) is 14.2 Å². The Bertz CT molecular complexity index is 1120. The van der Waals surface area contributed by atoms with Crippen LogP contribution in [-0.4, -0.2) is 12.9 Å². The van der Waals surface area contributed by atoms with Gasteiger partial charge in [-0.15, -0.1) is 0 Å². The van der Waals surface area contributed by atoms with Gasteiger partial charge in [0.1, 0.15) is 23.9 Å². The van der Waals surface area contributed by atoms with Gasteiger partial charge in [0, 0.05) is 6.07 Å². The number of carbonyl (C=O) groups excluding carboxylic acids is 1. The SMILES string of the molecule is COc1ccc(COc2ccc3c(c2)O/C(=C\c2ccc(C(C)(C)C)cc2)C3=O)cc1. The topological polar surface area (TPSA) is 44.8 Å². The zero-order valence-corrected chi connectivity index (χ0v) is 18.3. The van der Waals surface area contributed by atoms with E-state index in [9.17, 15) is 4.79 Å². The molecular formula is C27H26O4. The Morgan fingerprint density at radius 2 is 1.58 bits per heavy atom. The summed E-state index contributed by atoms with van der Waals surface area (Å²) in [6.07, 6.45) is 1.78. The summed E-state index contributed by atoms with van der Waals surface area (Å²) in [5, 5.41) is 0. The number of Topliss-reactive ketones (excluding diaryl/α,β-unsaturated/α-hetero) is 1. The third-order valence-corrected chi connectivity index (χ3v) is 5.28. The minimum absolute atomic E-state index is 0.0871. The van der Waals surface area contributed by atoms with E-state index in [-0.39, 0.29) is 11.2 Å². The molecule has 0 N–H and O–H groups in total. The molecule has 0 aliphatic carbocycles. The molecule has 1 aliphatic rings. The maximum absolute atomic E-state index is 12.7. The van der Waals surface area contributed by atoms with Crippen LogP contribution in [-0.2, 0) is 12.0 Å². The van der Waals surface area contributed by atoms with Crippen molar-refractivity contribution in [2.75, 3.05) is 7.11 Å². The Morgan fingerprint density at radius 1 is 0.903 bits per heavy atom. The first-order chi connectivity index (χ1) is 14.8. The second-order valence-electron chi connectivity index (χ2n) is 8.61. The molecule has 0 aromatic heterocycles. The fraction of sp³-hybridized carbons (Fsp3) is 0.222. The standard InChI is InChI=1S/C27H26O4/c1-27(2,3)20-9-5-18(6-10-20)15-25-26(28)23-14-13-22(16-24(23)31-25)30-17-19-7-11-21(29-4)12-8-19/h5-16H,17H2,1-4H3/b25-15-. The zero-order chi connectivity index (χ0) is 22.0. The highest BCUT2D eigenvalue weighted by Crippen LogP contribution is 2.35. The molecular weight excluding hydrogens is 388 g/mol. The predicted octanol–water partition coefficient (Wildman–Crippen LogP) is 6.19. The molecule has 1 aliphatic heterocycles. The van der Waals surface area contributed by atoms with Gasteiger partial charge in [0.2, 0.25) is 5.78 Å². The average Bonchev–Trinajstić information content (AvgIpc) is 3.07. The van der Waals surface area contributed by atoms with E-state index in [0.29, 0.717) is 29.4 Å². The maximum atomic E-state index is 12.7. The number of carbonyl (C=O) groups is 1. The fourth-order valence-corrected chi connectivity index (χ4v) is 3.38. The third kappa shape index (κ3) is 4.64. The number of ether oxygens (including phenoxy) is 3. The first-order valence-electron chi connectivity index (χ1n) is 10.3. The molecule has 1 heterocycles. The second-order valence-corrected chi connectivity index (χ2v) is 8.61. The van der Waals surface area contributed by atoms with Gasteiger partial charge in [-0.05, 0) is 52.4 Å². The number of methoxy groups -OCH3 is 1. The van der Waals surface area contributed by atoms with Crippen LogP contribution in [0.2, 0.25) is 0 Å². The molecule has 0 spiro atoms. The minimum Gasteiger partial charge on any atom is -0.497 e. The van der Waals surface area contributed by atoms with Gasteiger partial charge < -0.3 is 14.2 Å². The quantitative estimate of drug-likeness (QED) is 0.467. The number of ketones is 1. The van der Waals surface area contributed by atoms with Crippen LogP contribution in [0.4, 0.5) is 0 Å². The second kappa shape index (κ2) is 8.31. The molecule has 158 valence electrons.